The lowest BCUT2D eigenvalue weighted by Gasteiger charge is -2.34. The van der Waals surface area contributed by atoms with E-state index in [1.807, 2.05) is 42.4 Å². The van der Waals surface area contributed by atoms with Gasteiger partial charge in [0.1, 0.15) is 11.9 Å². The van der Waals surface area contributed by atoms with E-state index in [4.69, 9.17) is 9.47 Å². The van der Waals surface area contributed by atoms with Crippen LogP contribution in [-0.2, 0) is 11.3 Å². The first-order valence-electron chi connectivity index (χ1n) is 11.3. The number of carbonyl (C=O) groups is 1. The number of likely N-dealkylation sites (tertiary alicyclic amines) is 2. The lowest BCUT2D eigenvalue weighted by Crippen LogP contribution is -2.43. The Bertz CT molecular complexity index is 866. The van der Waals surface area contributed by atoms with E-state index in [0.29, 0.717) is 17.9 Å². The summed E-state index contributed by atoms with van der Waals surface area (Å²) in [7, 11) is 1.72. The predicted octanol–water partition coefficient (Wildman–Crippen LogP) is 3.68. The maximum absolute atomic E-state index is 13.3. The van der Waals surface area contributed by atoms with Crippen LogP contribution in [0.15, 0.2) is 42.7 Å². The molecule has 2 fully saturated rings. The average Bonchev–Trinajstić information content (AvgIpc) is 2.81. The summed E-state index contributed by atoms with van der Waals surface area (Å²) in [5.41, 5.74) is 3.04. The molecule has 2 aliphatic rings. The van der Waals surface area contributed by atoms with Crippen LogP contribution in [0.3, 0.4) is 0 Å². The number of piperidine rings is 2. The number of pyridine rings is 1. The molecule has 4 rings (SSSR count). The maximum Gasteiger partial charge on any atom is 0.257 e. The molecule has 31 heavy (non-hydrogen) atoms. The summed E-state index contributed by atoms with van der Waals surface area (Å²) in [5.74, 6) is 0.762. The Balaban J connectivity index is 1.38. The zero-order valence-electron chi connectivity index (χ0n) is 18.6. The Morgan fingerprint density at radius 3 is 2.58 bits per heavy atom. The lowest BCUT2D eigenvalue weighted by molar-refractivity contribution is 0.0264. The summed E-state index contributed by atoms with van der Waals surface area (Å²) in [6, 6.07) is 10.1. The molecule has 1 atom stereocenters. The van der Waals surface area contributed by atoms with Crippen molar-refractivity contribution in [1.29, 1.82) is 0 Å². The number of amides is 1. The summed E-state index contributed by atoms with van der Waals surface area (Å²) in [4.78, 5) is 21.8. The molecule has 166 valence electrons. The first-order valence-corrected chi connectivity index (χ1v) is 11.3. The largest absolute Gasteiger partial charge is 0.489 e. The fourth-order valence-electron chi connectivity index (χ4n) is 4.51. The molecule has 0 aliphatic carbocycles. The number of methoxy groups -OCH3 is 1. The predicted molar refractivity (Wildman–Crippen MR) is 120 cm³/mol. The first-order chi connectivity index (χ1) is 15.1. The third kappa shape index (κ3) is 5.63. The van der Waals surface area contributed by atoms with Gasteiger partial charge in [-0.2, -0.15) is 0 Å². The summed E-state index contributed by atoms with van der Waals surface area (Å²) in [5, 5.41) is 0. The minimum absolute atomic E-state index is 0.0515. The van der Waals surface area contributed by atoms with Crippen LogP contribution in [0.4, 0.5) is 0 Å². The van der Waals surface area contributed by atoms with E-state index in [1.54, 1.807) is 7.11 Å². The van der Waals surface area contributed by atoms with Crippen LogP contribution in [0.25, 0.3) is 0 Å². The van der Waals surface area contributed by atoms with Gasteiger partial charge in [-0.15, -0.1) is 0 Å². The maximum atomic E-state index is 13.3. The van der Waals surface area contributed by atoms with E-state index in [1.165, 1.54) is 5.56 Å². The molecule has 6 nitrogen and oxygen atoms in total. The Morgan fingerprint density at radius 1 is 1.06 bits per heavy atom. The van der Waals surface area contributed by atoms with Gasteiger partial charge in [0, 0.05) is 52.2 Å². The molecule has 3 heterocycles. The third-order valence-electron chi connectivity index (χ3n) is 6.35. The van der Waals surface area contributed by atoms with Gasteiger partial charge in [-0.05, 0) is 62.4 Å². The molecule has 6 heteroatoms. The van der Waals surface area contributed by atoms with Gasteiger partial charge >= 0.3 is 0 Å². The molecule has 2 aromatic rings. The fraction of sp³-hybridized carbons (Fsp3) is 0.520. The van der Waals surface area contributed by atoms with Crippen molar-refractivity contribution in [3.8, 4) is 5.75 Å². The van der Waals surface area contributed by atoms with Gasteiger partial charge in [0.15, 0.2) is 0 Å². The molecule has 0 bridgehead atoms. The van der Waals surface area contributed by atoms with Crippen molar-refractivity contribution in [1.82, 2.24) is 14.8 Å². The van der Waals surface area contributed by atoms with Gasteiger partial charge in [0.25, 0.3) is 5.91 Å². The molecular weight excluding hydrogens is 390 g/mol. The SMILES string of the molecule is CO[C@H]1CCCN(C(=O)c2cc(C)ccc2OC2CCN(Cc3ccncc3)CC2)C1. The van der Waals surface area contributed by atoms with E-state index in [0.717, 1.165) is 57.4 Å². The van der Waals surface area contributed by atoms with Crippen molar-refractivity contribution in [3.05, 3.63) is 59.4 Å². The normalized spacial score (nSPS) is 20.6. The molecule has 1 aromatic heterocycles. The highest BCUT2D eigenvalue weighted by atomic mass is 16.5. The molecule has 0 saturated carbocycles. The Hall–Kier alpha value is -2.44. The van der Waals surface area contributed by atoms with Gasteiger partial charge in [-0.3, -0.25) is 14.7 Å². The number of ether oxygens (including phenoxy) is 2. The number of nitrogens with zero attached hydrogens (tertiary/aromatic N) is 3. The second-order valence-corrected chi connectivity index (χ2v) is 8.70. The van der Waals surface area contributed by atoms with Crippen molar-refractivity contribution < 1.29 is 14.3 Å². The van der Waals surface area contributed by atoms with E-state index >= 15 is 0 Å². The summed E-state index contributed by atoms with van der Waals surface area (Å²) < 4.78 is 11.9. The molecule has 2 aliphatic heterocycles. The average molecular weight is 424 g/mol. The number of benzene rings is 1. The van der Waals surface area contributed by atoms with Crippen molar-refractivity contribution in [2.24, 2.45) is 0 Å². The molecule has 0 radical (unpaired) electrons. The van der Waals surface area contributed by atoms with Crippen LogP contribution >= 0.6 is 0 Å². The van der Waals surface area contributed by atoms with Crippen LogP contribution in [-0.4, -0.2) is 66.2 Å². The smallest absolute Gasteiger partial charge is 0.257 e. The molecule has 0 spiro atoms. The number of rotatable bonds is 6. The Labute approximate surface area is 185 Å². The number of aromatic nitrogens is 1. The molecule has 1 aromatic carbocycles. The second kappa shape index (κ2) is 10.2. The summed E-state index contributed by atoms with van der Waals surface area (Å²) >= 11 is 0. The number of aryl methyl sites for hydroxylation is 1. The van der Waals surface area contributed by atoms with Crippen LogP contribution in [0.5, 0.6) is 5.75 Å². The van der Waals surface area contributed by atoms with Gasteiger partial charge in [-0.1, -0.05) is 11.6 Å². The number of hydrogen-bond acceptors (Lipinski definition) is 5. The molecule has 0 N–H and O–H groups in total. The van der Waals surface area contributed by atoms with Crippen LogP contribution in [0, 0.1) is 6.92 Å². The van der Waals surface area contributed by atoms with E-state index in [-0.39, 0.29) is 18.1 Å². The van der Waals surface area contributed by atoms with Gasteiger partial charge < -0.3 is 14.4 Å². The second-order valence-electron chi connectivity index (χ2n) is 8.70. The summed E-state index contributed by atoms with van der Waals surface area (Å²) in [6.07, 6.45) is 7.85. The quantitative estimate of drug-likeness (QED) is 0.709. The zero-order valence-corrected chi connectivity index (χ0v) is 18.6. The Morgan fingerprint density at radius 2 is 1.84 bits per heavy atom. The van der Waals surface area contributed by atoms with Crippen LogP contribution in [0.1, 0.15) is 47.2 Å². The lowest BCUT2D eigenvalue weighted by atomic mass is 10.0. The number of hydrogen-bond donors (Lipinski definition) is 0. The molecular formula is C25H33N3O3. The standard InChI is InChI=1S/C25H33N3O3/c1-19-5-6-24(23(16-19)25(29)28-13-3-4-22(18-28)30-2)31-21-9-14-27(15-10-21)17-20-7-11-26-12-8-20/h5-8,11-12,16,21-22H,3-4,9-10,13-15,17-18H2,1-2H3/t22-/m0/s1. The highest BCUT2D eigenvalue weighted by molar-refractivity contribution is 5.97. The van der Waals surface area contributed by atoms with E-state index in [2.05, 4.69) is 22.0 Å². The van der Waals surface area contributed by atoms with Crippen molar-refractivity contribution in [3.63, 3.8) is 0 Å². The minimum Gasteiger partial charge on any atom is -0.489 e. The molecule has 0 unspecified atom stereocenters. The van der Waals surface area contributed by atoms with E-state index in [9.17, 15) is 4.79 Å². The van der Waals surface area contributed by atoms with Gasteiger partial charge in [0.2, 0.25) is 0 Å². The first kappa shape index (κ1) is 21.8. The van der Waals surface area contributed by atoms with E-state index < -0.39 is 0 Å². The zero-order chi connectivity index (χ0) is 21.6. The fourth-order valence-corrected chi connectivity index (χ4v) is 4.51. The summed E-state index contributed by atoms with van der Waals surface area (Å²) in [6.45, 7) is 6.37. The van der Waals surface area contributed by atoms with Gasteiger partial charge in [0.05, 0.1) is 11.7 Å². The van der Waals surface area contributed by atoms with Crippen molar-refractivity contribution >= 4 is 5.91 Å². The van der Waals surface area contributed by atoms with Gasteiger partial charge in [-0.25, -0.2) is 0 Å². The molecule has 1 amide bonds. The van der Waals surface area contributed by atoms with Crippen molar-refractivity contribution in [2.45, 2.75) is 51.4 Å². The Kier molecular flexibility index (Phi) is 7.20. The highest BCUT2D eigenvalue weighted by Gasteiger charge is 2.28. The monoisotopic (exact) mass is 423 g/mol. The minimum atomic E-state index is 0.0515. The number of carbonyl (C=O) groups excluding carboxylic acids is 1. The van der Waals surface area contributed by atoms with Crippen molar-refractivity contribution in [2.75, 3.05) is 33.3 Å². The van der Waals surface area contributed by atoms with Crippen LogP contribution < -0.4 is 4.74 Å². The third-order valence-corrected chi connectivity index (χ3v) is 6.35. The molecule has 2 saturated heterocycles. The topological polar surface area (TPSA) is 54.9 Å². The van der Waals surface area contributed by atoms with Crippen LogP contribution in [0.2, 0.25) is 0 Å². The highest BCUT2D eigenvalue weighted by Crippen LogP contribution is 2.27.